The Morgan fingerprint density at radius 2 is 1.64 bits per heavy atom. The molecule has 1 aromatic heterocycles. The van der Waals surface area contributed by atoms with Gasteiger partial charge in [-0.15, -0.1) is 0 Å². The van der Waals surface area contributed by atoms with E-state index in [0.29, 0.717) is 31.1 Å². The molecule has 1 N–H and O–H groups in total. The Labute approximate surface area is 259 Å². The van der Waals surface area contributed by atoms with Gasteiger partial charge >= 0.3 is 0 Å². The van der Waals surface area contributed by atoms with Crippen LogP contribution in [-0.2, 0) is 34.5 Å². The molecule has 3 aromatic rings. The quantitative estimate of drug-likeness (QED) is 0.413. The van der Waals surface area contributed by atoms with Crippen molar-refractivity contribution in [3.63, 3.8) is 0 Å². The zero-order chi connectivity index (χ0) is 30.6. The molecular formula is C35H44N4O5. The second-order valence-corrected chi connectivity index (χ2v) is 12.3. The third kappa shape index (κ3) is 6.41. The van der Waals surface area contributed by atoms with E-state index in [4.69, 9.17) is 9.47 Å². The minimum atomic E-state index is -0.698. The highest BCUT2D eigenvalue weighted by Crippen LogP contribution is 2.34. The van der Waals surface area contributed by atoms with Crippen molar-refractivity contribution in [2.75, 3.05) is 26.2 Å². The molecule has 9 nitrogen and oxygen atoms in total. The van der Waals surface area contributed by atoms with Crippen molar-refractivity contribution in [3.8, 4) is 5.69 Å². The lowest BCUT2D eigenvalue weighted by molar-refractivity contribution is -0.157. The number of carbonyl (C=O) groups is 1. The van der Waals surface area contributed by atoms with E-state index < -0.39 is 6.29 Å². The van der Waals surface area contributed by atoms with E-state index in [2.05, 4.69) is 4.90 Å². The maximum absolute atomic E-state index is 13.9. The van der Waals surface area contributed by atoms with Gasteiger partial charge in [0.1, 0.15) is 0 Å². The molecule has 3 aliphatic rings. The summed E-state index contributed by atoms with van der Waals surface area (Å²) in [4.78, 5) is 32.4. The van der Waals surface area contributed by atoms with E-state index in [1.807, 2.05) is 84.2 Å². The number of ether oxygens (including phenoxy) is 2. The second kappa shape index (κ2) is 13.5. The van der Waals surface area contributed by atoms with Gasteiger partial charge in [-0.05, 0) is 75.0 Å². The minimum Gasteiger partial charge on any atom is -0.459 e. The average molecular weight is 601 g/mol. The zero-order valence-electron chi connectivity index (χ0n) is 25.9. The van der Waals surface area contributed by atoms with Crippen LogP contribution >= 0.6 is 0 Å². The molecule has 2 atom stereocenters. The van der Waals surface area contributed by atoms with E-state index in [9.17, 15) is 14.7 Å². The smallest absolute Gasteiger partial charge is 0.288 e. The van der Waals surface area contributed by atoms with Crippen molar-refractivity contribution >= 4 is 5.91 Å². The largest absolute Gasteiger partial charge is 0.459 e. The number of amides is 1. The Kier molecular flexibility index (Phi) is 9.35. The number of likely N-dealkylation sites (tertiary alicyclic amines) is 2. The molecule has 6 rings (SSSR count). The van der Waals surface area contributed by atoms with Crippen molar-refractivity contribution in [2.45, 2.75) is 76.9 Å². The summed E-state index contributed by atoms with van der Waals surface area (Å²) in [6.07, 6.45) is 7.33. The first-order chi connectivity index (χ1) is 21.4. The minimum absolute atomic E-state index is 0.0168. The third-order valence-electron chi connectivity index (χ3n) is 9.54. The summed E-state index contributed by atoms with van der Waals surface area (Å²) in [5.74, 6) is -0.226. The number of carbonyl (C=O) groups excluding carboxylic acids is 1. The van der Waals surface area contributed by atoms with Gasteiger partial charge in [-0.3, -0.25) is 14.3 Å². The first kappa shape index (κ1) is 30.4. The summed E-state index contributed by atoms with van der Waals surface area (Å²) >= 11 is 0. The number of hydrogen-bond donors (Lipinski definition) is 1. The van der Waals surface area contributed by atoms with Gasteiger partial charge in [0.15, 0.2) is 5.76 Å². The van der Waals surface area contributed by atoms with Gasteiger partial charge in [-0.25, -0.2) is 4.68 Å². The molecule has 2 aromatic carbocycles. The van der Waals surface area contributed by atoms with Crippen LogP contribution < -0.4 is 5.56 Å². The molecule has 0 spiro atoms. The van der Waals surface area contributed by atoms with Crippen LogP contribution in [0.5, 0.6) is 0 Å². The standard InChI is InChI=1S/C35H44N4O5/c1-25-33(35(42)39(36(25)2)30-9-5-3-6-10-30)28-21-31(44-32(22-28)43-24-27-13-11-26(23-40)12-14-27)34(41)38-19-15-29(16-20-38)37-17-7-4-8-18-37/h3,5-6,9-14,21,28-29,32,40H,4,7-8,15-20,22-24H2,1-2H3/t28-,32+/m0/s1. The number of benzene rings is 2. The predicted molar refractivity (Wildman–Crippen MR) is 168 cm³/mol. The van der Waals surface area contributed by atoms with Gasteiger partial charge < -0.3 is 24.4 Å². The zero-order valence-corrected chi connectivity index (χ0v) is 25.9. The number of hydrogen-bond acceptors (Lipinski definition) is 6. The highest BCUT2D eigenvalue weighted by Gasteiger charge is 2.36. The summed E-state index contributed by atoms with van der Waals surface area (Å²) < 4.78 is 16.0. The number of allylic oxidation sites excluding steroid dienone is 1. The summed E-state index contributed by atoms with van der Waals surface area (Å²) in [7, 11) is 1.89. The Hall–Kier alpha value is -3.66. The lowest BCUT2D eigenvalue weighted by atomic mass is 9.92. The fourth-order valence-electron chi connectivity index (χ4n) is 6.93. The molecule has 2 fully saturated rings. The SMILES string of the molecule is Cc1c([C@H]2C=C(C(=O)N3CCC(N4CCCCC4)CC3)O[C@@H](OCc3ccc(CO)cc3)C2)c(=O)n(-c2ccccc2)n1C. The highest BCUT2D eigenvalue weighted by atomic mass is 16.7. The lowest BCUT2D eigenvalue weighted by Gasteiger charge is -2.40. The van der Waals surface area contributed by atoms with Gasteiger partial charge in [-0.1, -0.05) is 48.9 Å². The first-order valence-electron chi connectivity index (χ1n) is 16.0. The number of aliphatic hydroxyl groups is 1. The first-order valence-corrected chi connectivity index (χ1v) is 16.0. The number of nitrogens with zero attached hydrogens (tertiary/aromatic N) is 4. The number of para-hydroxylation sites is 1. The van der Waals surface area contributed by atoms with Crippen LogP contribution in [0.4, 0.5) is 0 Å². The van der Waals surface area contributed by atoms with Gasteiger partial charge in [0.25, 0.3) is 11.5 Å². The van der Waals surface area contributed by atoms with Gasteiger partial charge in [-0.2, -0.15) is 0 Å². The molecule has 3 aliphatic heterocycles. The van der Waals surface area contributed by atoms with Crippen molar-refractivity contribution in [3.05, 3.63) is 99.2 Å². The summed E-state index contributed by atoms with van der Waals surface area (Å²) in [5, 5.41) is 9.38. The van der Waals surface area contributed by atoms with Gasteiger partial charge in [0.05, 0.1) is 18.9 Å². The number of aliphatic hydroxyl groups excluding tert-OH is 1. The maximum atomic E-state index is 13.9. The van der Waals surface area contributed by atoms with Crippen LogP contribution in [0.25, 0.3) is 5.69 Å². The topological polar surface area (TPSA) is 89.2 Å². The molecule has 0 radical (unpaired) electrons. The lowest BCUT2D eigenvalue weighted by Crippen LogP contribution is -2.49. The predicted octanol–water partition coefficient (Wildman–Crippen LogP) is 4.38. The van der Waals surface area contributed by atoms with E-state index in [1.54, 1.807) is 4.68 Å². The molecule has 0 saturated carbocycles. The molecule has 234 valence electrons. The third-order valence-corrected chi connectivity index (χ3v) is 9.54. The van der Waals surface area contributed by atoms with Crippen LogP contribution in [0, 0.1) is 6.92 Å². The van der Waals surface area contributed by atoms with Crippen LogP contribution in [0.1, 0.15) is 66.8 Å². The van der Waals surface area contributed by atoms with Crippen molar-refractivity contribution in [2.24, 2.45) is 7.05 Å². The molecule has 4 heterocycles. The van der Waals surface area contributed by atoms with Gasteiger partial charge in [0.2, 0.25) is 6.29 Å². The Bertz CT molecular complexity index is 1510. The number of piperidine rings is 2. The summed E-state index contributed by atoms with van der Waals surface area (Å²) in [6, 6.07) is 17.7. The molecule has 1 amide bonds. The molecule has 9 heteroatoms. The second-order valence-electron chi connectivity index (χ2n) is 12.3. The van der Waals surface area contributed by atoms with Crippen LogP contribution in [0.15, 0.2) is 71.2 Å². The molecule has 2 saturated heterocycles. The number of rotatable bonds is 8. The fourth-order valence-corrected chi connectivity index (χ4v) is 6.93. The van der Waals surface area contributed by atoms with Crippen LogP contribution in [0.3, 0.4) is 0 Å². The fraction of sp³-hybridized carbons (Fsp3) is 0.486. The average Bonchev–Trinajstić information content (AvgIpc) is 3.31. The van der Waals surface area contributed by atoms with Crippen molar-refractivity contribution < 1.29 is 19.4 Å². The number of aromatic nitrogens is 2. The van der Waals surface area contributed by atoms with E-state index in [0.717, 1.165) is 48.4 Å². The molecule has 0 aliphatic carbocycles. The van der Waals surface area contributed by atoms with Gasteiger partial charge in [0, 0.05) is 49.8 Å². The molecular weight excluding hydrogens is 556 g/mol. The van der Waals surface area contributed by atoms with Crippen LogP contribution in [-0.4, -0.2) is 68.7 Å². The molecule has 44 heavy (non-hydrogen) atoms. The van der Waals surface area contributed by atoms with E-state index in [-0.39, 0.29) is 36.4 Å². The Balaban J connectivity index is 1.24. The van der Waals surface area contributed by atoms with Crippen molar-refractivity contribution in [1.29, 1.82) is 0 Å². The van der Waals surface area contributed by atoms with Crippen molar-refractivity contribution in [1.82, 2.24) is 19.2 Å². The Morgan fingerprint density at radius 3 is 2.32 bits per heavy atom. The molecule has 0 unspecified atom stereocenters. The Morgan fingerprint density at radius 1 is 0.955 bits per heavy atom. The maximum Gasteiger partial charge on any atom is 0.288 e. The van der Waals surface area contributed by atoms with Crippen LogP contribution in [0.2, 0.25) is 0 Å². The molecule has 0 bridgehead atoms. The monoisotopic (exact) mass is 600 g/mol. The summed E-state index contributed by atoms with van der Waals surface area (Å²) in [6.45, 7) is 5.93. The highest BCUT2D eigenvalue weighted by molar-refractivity contribution is 5.92. The summed E-state index contributed by atoms with van der Waals surface area (Å²) in [5.41, 5.74) is 3.94. The normalized spacial score (nSPS) is 21.6. The van der Waals surface area contributed by atoms with E-state index in [1.165, 1.54) is 19.3 Å². The van der Waals surface area contributed by atoms with E-state index >= 15 is 0 Å².